The Hall–Kier alpha value is -1.37. The molecule has 3 heterocycles. The number of carboxylic acids is 1. The van der Waals surface area contributed by atoms with Crippen LogP contribution in [0.4, 0.5) is 0 Å². The maximum absolute atomic E-state index is 11.8. The third-order valence-electron chi connectivity index (χ3n) is 4.30. The van der Waals surface area contributed by atoms with E-state index in [0.717, 1.165) is 17.9 Å². The van der Waals surface area contributed by atoms with E-state index in [1.807, 2.05) is 4.57 Å². The Morgan fingerprint density at radius 1 is 1.40 bits per heavy atom. The summed E-state index contributed by atoms with van der Waals surface area (Å²) in [6.45, 7) is 0.623. The zero-order valence-electron chi connectivity index (χ0n) is 11.2. The molecule has 0 bridgehead atoms. The molecule has 0 amide bonds. The Morgan fingerprint density at radius 2 is 2.20 bits per heavy atom. The molecule has 1 saturated heterocycles. The first-order chi connectivity index (χ1) is 9.46. The van der Waals surface area contributed by atoms with Crippen molar-refractivity contribution in [3.05, 3.63) is 17.7 Å². The molecule has 0 aromatic carbocycles. The van der Waals surface area contributed by atoms with Gasteiger partial charge in [0.05, 0.1) is 17.4 Å². The summed E-state index contributed by atoms with van der Waals surface area (Å²) >= 11 is 0. The average Bonchev–Trinajstić information content (AvgIpc) is 2.80. The predicted molar refractivity (Wildman–Crippen MR) is 72.3 cm³/mol. The highest BCUT2D eigenvalue weighted by Crippen LogP contribution is 2.31. The van der Waals surface area contributed by atoms with E-state index < -0.39 is 15.8 Å². The van der Waals surface area contributed by atoms with Crippen LogP contribution in [0.25, 0.3) is 0 Å². The molecule has 2 atom stereocenters. The van der Waals surface area contributed by atoms with Gasteiger partial charge in [-0.2, -0.15) is 0 Å². The van der Waals surface area contributed by atoms with Crippen molar-refractivity contribution in [2.45, 2.75) is 38.1 Å². The highest BCUT2D eigenvalue weighted by Gasteiger charge is 2.32. The summed E-state index contributed by atoms with van der Waals surface area (Å²) in [5, 5.41) is 9.08. The molecule has 6 nitrogen and oxygen atoms in total. The van der Waals surface area contributed by atoms with Crippen molar-refractivity contribution in [2.75, 3.05) is 11.5 Å². The molecule has 110 valence electrons. The Balaban J connectivity index is 1.85. The third kappa shape index (κ3) is 2.46. The van der Waals surface area contributed by atoms with Crippen LogP contribution >= 0.6 is 0 Å². The number of rotatable bonds is 2. The lowest BCUT2D eigenvalue weighted by molar-refractivity contribution is -0.142. The highest BCUT2D eigenvalue weighted by molar-refractivity contribution is 7.91. The van der Waals surface area contributed by atoms with Gasteiger partial charge in [0.2, 0.25) is 0 Å². The second kappa shape index (κ2) is 4.87. The van der Waals surface area contributed by atoms with Gasteiger partial charge in [0.15, 0.2) is 9.84 Å². The molecule has 1 N–H and O–H groups in total. The van der Waals surface area contributed by atoms with E-state index in [1.54, 1.807) is 6.20 Å². The number of sulfone groups is 1. The van der Waals surface area contributed by atoms with Gasteiger partial charge in [0, 0.05) is 30.8 Å². The van der Waals surface area contributed by atoms with Crippen molar-refractivity contribution in [1.82, 2.24) is 9.55 Å². The summed E-state index contributed by atoms with van der Waals surface area (Å²) in [6.07, 6.45) is 4.32. The lowest BCUT2D eigenvalue weighted by atomic mass is 9.96. The quantitative estimate of drug-likeness (QED) is 0.873. The number of fused-ring (bicyclic) bond motifs is 1. The Labute approximate surface area is 117 Å². The van der Waals surface area contributed by atoms with Gasteiger partial charge in [-0.15, -0.1) is 0 Å². The number of imidazole rings is 1. The highest BCUT2D eigenvalue weighted by atomic mass is 32.2. The van der Waals surface area contributed by atoms with E-state index in [9.17, 15) is 13.2 Å². The summed E-state index contributed by atoms with van der Waals surface area (Å²) in [6, 6.07) is 0. The van der Waals surface area contributed by atoms with Crippen LogP contribution in [-0.4, -0.2) is 40.6 Å². The number of aromatic nitrogens is 2. The molecule has 1 aromatic heterocycles. The second-order valence-electron chi connectivity index (χ2n) is 5.74. The number of hydrogen-bond acceptors (Lipinski definition) is 4. The second-order valence-corrected chi connectivity index (χ2v) is 7.97. The summed E-state index contributed by atoms with van der Waals surface area (Å²) in [5.74, 6) is 0.127. The zero-order valence-corrected chi connectivity index (χ0v) is 12.0. The predicted octanol–water partition coefficient (Wildman–Crippen LogP) is 0.822. The fourth-order valence-corrected chi connectivity index (χ4v) is 4.95. The molecular weight excluding hydrogens is 280 g/mol. The van der Waals surface area contributed by atoms with E-state index in [-0.39, 0.29) is 23.3 Å². The first kappa shape index (κ1) is 13.6. The topological polar surface area (TPSA) is 89.3 Å². The lowest BCUT2D eigenvalue weighted by Gasteiger charge is -2.26. The lowest BCUT2D eigenvalue weighted by Crippen LogP contribution is -2.29. The number of aliphatic carboxylic acids is 1. The van der Waals surface area contributed by atoms with Gasteiger partial charge in [-0.25, -0.2) is 13.4 Å². The maximum atomic E-state index is 11.8. The fourth-order valence-electron chi connectivity index (χ4n) is 3.25. The largest absolute Gasteiger partial charge is 0.481 e. The van der Waals surface area contributed by atoms with Crippen molar-refractivity contribution in [2.24, 2.45) is 5.92 Å². The normalized spacial score (nSPS) is 28.8. The molecule has 2 aliphatic heterocycles. The van der Waals surface area contributed by atoms with Crippen LogP contribution in [0.1, 0.15) is 36.7 Å². The molecule has 0 aliphatic carbocycles. The molecule has 20 heavy (non-hydrogen) atoms. The van der Waals surface area contributed by atoms with Crippen molar-refractivity contribution in [3.63, 3.8) is 0 Å². The van der Waals surface area contributed by atoms with Crippen LogP contribution in [-0.2, 0) is 27.6 Å². The van der Waals surface area contributed by atoms with Crippen LogP contribution in [0, 0.1) is 5.92 Å². The minimum atomic E-state index is -2.96. The molecule has 3 rings (SSSR count). The Kier molecular flexibility index (Phi) is 3.32. The van der Waals surface area contributed by atoms with Gasteiger partial charge in [-0.1, -0.05) is 0 Å². The van der Waals surface area contributed by atoms with Gasteiger partial charge < -0.3 is 9.67 Å². The van der Waals surface area contributed by atoms with E-state index in [4.69, 9.17) is 5.11 Å². The van der Waals surface area contributed by atoms with Crippen molar-refractivity contribution in [1.29, 1.82) is 0 Å². The standard InChI is InChI=1S/C13H18N2O4S/c16-13(17)9-3-4-15-11(6-9)7-14-12(15)10-2-1-5-20(18,19)8-10/h7,9-10H,1-6,8H2,(H,16,17). The zero-order chi connectivity index (χ0) is 14.3. The molecule has 0 saturated carbocycles. The van der Waals surface area contributed by atoms with Crippen LogP contribution in [0.15, 0.2) is 6.20 Å². The SMILES string of the molecule is O=C(O)C1CCn2c(cnc2C2CCCS(=O)(=O)C2)C1. The van der Waals surface area contributed by atoms with Gasteiger partial charge in [-0.05, 0) is 19.3 Å². The molecule has 7 heteroatoms. The van der Waals surface area contributed by atoms with Gasteiger partial charge in [0.1, 0.15) is 5.82 Å². The summed E-state index contributed by atoms with van der Waals surface area (Å²) in [4.78, 5) is 15.4. The fraction of sp³-hybridized carbons (Fsp3) is 0.692. The number of carboxylic acid groups (broad SMARTS) is 1. The molecule has 2 aliphatic rings. The monoisotopic (exact) mass is 298 g/mol. The minimum Gasteiger partial charge on any atom is -0.481 e. The first-order valence-electron chi connectivity index (χ1n) is 6.94. The Morgan fingerprint density at radius 3 is 2.90 bits per heavy atom. The third-order valence-corrected chi connectivity index (χ3v) is 6.12. The minimum absolute atomic E-state index is 0.0381. The maximum Gasteiger partial charge on any atom is 0.306 e. The van der Waals surface area contributed by atoms with Crippen molar-refractivity contribution < 1.29 is 18.3 Å². The Bertz CT molecular complexity index is 635. The molecular formula is C13H18N2O4S. The molecule has 1 aromatic rings. The van der Waals surface area contributed by atoms with E-state index in [0.29, 0.717) is 25.8 Å². The number of nitrogens with zero attached hydrogens (tertiary/aromatic N) is 2. The summed E-state index contributed by atoms with van der Waals surface area (Å²) in [5.41, 5.74) is 0.918. The van der Waals surface area contributed by atoms with Crippen LogP contribution in [0.2, 0.25) is 0 Å². The van der Waals surface area contributed by atoms with Crippen molar-refractivity contribution in [3.8, 4) is 0 Å². The van der Waals surface area contributed by atoms with Crippen LogP contribution < -0.4 is 0 Å². The number of hydrogen-bond donors (Lipinski definition) is 1. The molecule has 1 fully saturated rings. The van der Waals surface area contributed by atoms with E-state index >= 15 is 0 Å². The number of carbonyl (C=O) groups is 1. The van der Waals surface area contributed by atoms with Gasteiger partial charge in [0.25, 0.3) is 0 Å². The van der Waals surface area contributed by atoms with Gasteiger partial charge >= 0.3 is 5.97 Å². The molecule has 0 spiro atoms. The van der Waals surface area contributed by atoms with Gasteiger partial charge in [-0.3, -0.25) is 4.79 Å². The average molecular weight is 298 g/mol. The smallest absolute Gasteiger partial charge is 0.306 e. The van der Waals surface area contributed by atoms with E-state index in [1.165, 1.54) is 0 Å². The summed E-state index contributed by atoms with van der Waals surface area (Å²) in [7, 11) is -2.96. The van der Waals surface area contributed by atoms with E-state index in [2.05, 4.69) is 4.98 Å². The van der Waals surface area contributed by atoms with Crippen LogP contribution in [0.3, 0.4) is 0 Å². The summed E-state index contributed by atoms with van der Waals surface area (Å²) < 4.78 is 25.5. The molecule has 2 unspecified atom stereocenters. The molecule has 0 radical (unpaired) electrons. The first-order valence-corrected chi connectivity index (χ1v) is 8.76. The van der Waals surface area contributed by atoms with Crippen molar-refractivity contribution >= 4 is 15.8 Å². The van der Waals surface area contributed by atoms with Crippen LogP contribution in [0.5, 0.6) is 0 Å².